The molecule has 32 heavy (non-hydrogen) atoms. The summed E-state index contributed by atoms with van der Waals surface area (Å²) < 4.78 is 16.5. The van der Waals surface area contributed by atoms with Crippen molar-refractivity contribution >= 4 is 33.9 Å². The number of aromatic nitrogens is 1. The summed E-state index contributed by atoms with van der Waals surface area (Å²) in [5.74, 6) is 1.48. The average Bonchev–Trinajstić information content (AvgIpc) is 3.32. The zero-order chi connectivity index (χ0) is 22.5. The summed E-state index contributed by atoms with van der Waals surface area (Å²) in [5, 5.41) is 4.71. The van der Waals surface area contributed by atoms with E-state index < -0.39 is 0 Å². The molecule has 0 saturated carbocycles. The summed E-state index contributed by atoms with van der Waals surface area (Å²) in [7, 11) is 3.25. The van der Waals surface area contributed by atoms with E-state index in [9.17, 15) is 4.79 Å². The molecule has 2 heterocycles. The van der Waals surface area contributed by atoms with Gasteiger partial charge in [-0.15, -0.1) is 0 Å². The number of H-pyrrole nitrogens is 1. The van der Waals surface area contributed by atoms with Gasteiger partial charge in [-0.1, -0.05) is 6.07 Å². The fourth-order valence-electron chi connectivity index (χ4n) is 3.84. The van der Waals surface area contributed by atoms with Crippen LogP contribution in [0.4, 0.5) is 5.69 Å². The predicted octanol–water partition coefficient (Wildman–Crippen LogP) is 3.92. The third kappa shape index (κ3) is 5.20. The summed E-state index contributed by atoms with van der Waals surface area (Å²) in [5.41, 5.74) is 2.08. The number of nitrogens with one attached hydrogen (secondary N) is 2. The molecule has 2 aromatic carbocycles. The van der Waals surface area contributed by atoms with E-state index in [-0.39, 0.29) is 11.7 Å². The molecule has 0 bridgehead atoms. The molecule has 1 fully saturated rings. The summed E-state index contributed by atoms with van der Waals surface area (Å²) in [4.78, 5) is 17.8. The van der Waals surface area contributed by atoms with Crippen LogP contribution in [0.5, 0.6) is 11.5 Å². The highest BCUT2D eigenvalue weighted by Crippen LogP contribution is 2.21. The molecule has 8 heteroatoms. The Morgan fingerprint density at radius 3 is 2.75 bits per heavy atom. The molecule has 3 aromatic rings. The van der Waals surface area contributed by atoms with Gasteiger partial charge in [-0.05, 0) is 61.5 Å². The van der Waals surface area contributed by atoms with Crippen LogP contribution in [0.15, 0.2) is 53.3 Å². The Labute approximate surface area is 192 Å². The fourth-order valence-corrected chi connectivity index (χ4v) is 4.09. The second kappa shape index (κ2) is 10.0. The minimum atomic E-state index is -0.135. The molecule has 2 N–H and O–H groups in total. The van der Waals surface area contributed by atoms with Gasteiger partial charge in [0.25, 0.3) is 5.56 Å². The van der Waals surface area contributed by atoms with Crippen LogP contribution in [0, 0.1) is 0 Å². The zero-order valence-corrected chi connectivity index (χ0v) is 19.0. The Morgan fingerprint density at radius 1 is 1.19 bits per heavy atom. The molecular formula is C24H27N3O4S. The normalized spacial score (nSPS) is 15.5. The van der Waals surface area contributed by atoms with E-state index in [1.807, 2.05) is 53.4 Å². The van der Waals surface area contributed by atoms with Crippen molar-refractivity contribution in [3.05, 3.63) is 64.4 Å². The van der Waals surface area contributed by atoms with E-state index >= 15 is 0 Å². The highest BCUT2D eigenvalue weighted by atomic mass is 32.1. The van der Waals surface area contributed by atoms with E-state index in [1.165, 1.54) is 0 Å². The van der Waals surface area contributed by atoms with Crippen molar-refractivity contribution in [1.29, 1.82) is 0 Å². The number of fused-ring (bicyclic) bond motifs is 1. The Morgan fingerprint density at radius 2 is 2.00 bits per heavy atom. The van der Waals surface area contributed by atoms with Gasteiger partial charge in [-0.2, -0.15) is 0 Å². The Bertz CT molecular complexity index is 1160. The monoisotopic (exact) mass is 453 g/mol. The second-order valence-electron chi connectivity index (χ2n) is 7.75. The van der Waals surface area contributed by atoms with Crippen molar-refractivity contribution in [1.82, 2.24) is 9.88 Å². The van der Waals surface area contributed by atoms with Crippen LogP contribution in [0.1, 0.15) is 18.4 Å². The lowest BCUT2D eigenvalue weighted by Gasteiger charge is -2.28. The first-order chi connectivity index (χ1) is 15.6. The number of rotatable bonds is 7. The summed E-state index contributed by atoms with van der Waals surface area (Å²) in [6.45, 7) is 1.72. The van der Waals surface area contributed by atoms with Gasteiger partial charge in [-0.3, -0.25) is 4.79 Å². The van der Waals surface area contributed by atoms with Crippen molar-refractivity contribution in [2.45, 2.75) is 25.5 Å². The molecule has 4 rings (SSSR count). The maximum Gasteiger partial charge on any atom is 0.253 e. The Hall–Kier alpha value is -3.10. The molecule has 7 nitrogen and oxygen atoms in total. The van der Waals surface area contributed by atoms with Crippen molar-refractivity contribution < 1.29 is 14.2 Å². The van der Waals surface area contributed by atoms with Gasteiger partial charge in [0, 0.05) is 41.4 Å². The first-order valence-corrected chi connectivity index (χ1v) is 11.0. The van der Waals surface area contributed by atoms with Crippen LogP contribution in [-0.2, 0) is 11.3 Å². The van der Waals surface area contributed by atoms with E-state index in [1.54, 1.807) is 14.2 Å². The van der Waals surface area contributed by atoms with Crippen LogP contribution >= 0.6 is 12.2 Å². The minimum Gasteiger partial charge on any atom is -0.497 e. The highest BCUT2D eigenvalue weighted by Gasteiger charge is 2.22. The van der Waals surface area contributed by atoms with Crippen molar-refractivity contribution in [3.8, 4) is 11.5 Å². The van der Waals surface area contributed by atoms with Crippen LogP contribution in [0.25, 0.3) is 10.9 Å². The second-order valence-corrected chi connectivity index (χ2v) is 8.14. The van der Waals surface area contributed by atoms with Gasteiger partial charge < -0.3 is 29.4 Å². The van der Waals surface area contributed by atoms with Gasteiger partial charge in [0.05, 0.1) is 26.9 Å². The average molecular weight is 454 g/mol. The molecule has 0 aliphatic carbocycles. The van der Waals surface area contributed by atoms with Gasteiger partial charge in [0.15, 0.2) is 5.11 Å². The first-order valence-electron chi connectivity index (χ1n) is 10.6. The quantitative estimate of drug-likeness (QED) is 0.525. The van der Waals surface area contributed by atoms with Crippen LogP contribution < -0.4 is 20.3 Å². The maximum atomic E-state index is 12.8. The van der Waals surface area contributed by atoms with E-state index in [0.29, 0.717) is 23.8 Å². The third-order valence-electron chi connectivity index (χ3n) is 5.55. The Kier molecular flexibility index (Phi) is 6.92. The number of aromatic amines is 1. The van der Waals surface area contributed by atoms with Crippen LogP contribution in [0.2, 0.25) is 0 Å². The Balaban J connectivity index is 1.60. The summed E-state index contributed by atoms with van der Waals surface area (Å²) >= 11 is 5.74. The number of hydrogen-bond donors (Lipinski definition) is 2. The number of thiocarbonyl (C=S) groups is 1. The molecule has 0 unspecified atom stereocenters. The smallest absolute Gasteiger partial charge is 0.253 e. The lowest BCUT2D eigenvalue weighted by molar-refractivity contribution is 0.0904. The molecule has 168 valence electrons. The standard InChI is InChI=1S/C24H27N3O4S/c1-29-19-6-3-5-18(13-19)25-24(32)27(15-21-7-4-10-31-21)14-17-11-16-12-20(30-2)8-9-22(16)26-23(17)28/h3,5-6,8-9,11-13,21H,4,7,10,14-15H2,1-2H3,(H,25,32)(H,26,28)/t21-/m0/s1. The first kappa shape index (κ1) is 22.1. The molecule has 1 saturated heterocycles. The zero-order valence-electron chi connectivity index (χ0n) is 18.2. The summed E-state index contributed by atoms with van der Waals surface area (Å²) in [6.07, 6.45) is 2.09. The fraction of sp³-hybridized carbons (Fsp3) is 0.333. The number of benzene rings is 2. The minimum absolute atomic E-state index is 0.0830. The highest BCUT2D eigenvalue weighted by molar-refractivity contribution is 7.80. The lowest BCUT2D eigenvalue weighted by Crippen LogP contribution is -2.40. The predicted molar refractivity (Wildman–Crippen MR) is 130 cm³/mol. The largest absolute Gasteiger partial charge is 0.497 e. The van der Waals surface area contributed by atoms with Crippen molar-refractivity contribution in [2.24, 2.45) is 0 Å². The van der Waals surface area contributed by atoms with Crippen LogP contribution in [-0.4, -0.2) is 48.5 Å². The molecule has 0 spiro atoms. The topological polar surface area (TPSA) is 75.8 Å². The van der Waals surface area contributed by atoms with Crippen molar-refractivity contribution in [3.63, 3.8) is 0 Å². The molecule has 1 aliphatic rings. The molecular weight excluding hydrogens is 426 g/mol. The van der Waals surface area contributed by atoms with Gasteiger partial charge in [-0.25, -0.2) is 0 Å². The molecule has 1 aromatic heterocycles. The number of anilines is 1. The van der Waals surface area contributed by atoms with E-state index in [4.69, 9.17) is 26.4 Å². The van der Waals surface area contributed by atoms with Gasteiger partial charge in [0.2, 0.25) is 0 Å². The van der Waals surface area contributed by atoms with Crippen molar-refractivity contribution in [2.75, 3.05) is 32.7 Å². The number of hydrogen-bond acceptors (Lipinski definition) is 5. The number of pyridine rings is 1. The number of nitrogens with zero attached hydrogens (tertiary/aromatic N) is 1. The van der Waals surface area contributed by atoms with Gasteiger partial charge in [0.1, 0.15) is 11.5 Å². The third-order valence-corrected chi connectivity index (χ3v) is 5.91. The van der Waals surface area contributed by atoms with Gasteiger partial charge >= 0.3 is 0 Å². The molecule has 0 amide bonds. The molecule has 0 radical (unpaired) electrons. The lowest BCUT2D eigenvalue weighted by atomic mass is 10.1. The maximum absolute atomic E-state index is 12.8. The molecule has 1 atom stereocenters. The SMILES string of the molecule is COc1cccc(NC(=S)N(Cc2cc3cc(OC)ccc3[nH]c2=O)C[C@@H]2CCCO2)c1. The van der Waals surface area contributed by atoms with E-state index in [2.05, 4.69) is 10.3 Å². The number of methoxy groups -OCH3 is 2. The molecule has 1 aliphatic heterocycles. The summed E-state index contributed by atoms with van der Waals surface area (Å²) in [6, 6.07) is 15.1. The number of ether oxygens (including phenoxy) is 3. The van der Waals surface area contributed by atoms with Crippen LogP contribution in [0.3, 0.4) is 0 Å². The van der Waals surface area contributed by atoms with E-state index in [0.717, 1.165) is 47.5 Å².